The minimum atomic E-state index is -0.481. The Morgan fingerprint density at radius 3 is 2.67 bits per heavy atom. The number of aryl methyl sites for hydroxylation is 3. The molecule has 5 rings (SSSR count). The molecule has 3 aromatic heterocycles. The van der Waals surface area contributed by atoms with E-state index in [0.717, 1.165) is 49.5 Å². The summed E-state index contributed by atoms with van der Waals surface area (Å²) in [4.78, 5) is 28.9. The number of fused-ring (bicyclic) bond motifs is 3. The summed E-state index contributed by atoms with van der Waals surface area (Å²) in [7, 11) is 0. The molecule has 2 aromatic carbocycles. The molecule has 168 valence electrons. The molecule has 6 heteroatoms. The van der Waals surface area contributed by atoms with Gasteiger partial charge in [0.2, 0.25) is 5.91 Å². The molecule has 2 N–H and O–H groups in total. The summed E-state index contributed by atoms with van der Waals surface area (Å²) in [5.41, 5.74) is 5.94. The molecule has 0 unspecified atom stereocenters. The fourth-order valence-corrected chi connectivity index (χ4v) is 4.69. The van der Waals surface area contributed by atoms with Crippen LogP contribution in [0.15, 0.2) is 56.4 Å². The van der Waals surface area contributed by atoms with Crippen molar-refractivity contribution < 1.29 is 13.6 Å². The van der Waals surface area contributed by atoms with Crippen molar-refractivity contribution in [2.45, 2.75) is 46.6 Å². The highest BCUT2D eigenvalue weighted by molar-refractivity contribution is 6.00. The van der Waals surface area contributed by atoms with Gasteiger partial charge in [0.05, 0.1) is 18.2 Å². The van der Waals surface area contributed by atoms with E-state index >= 15 is 0 Å². The smallest absolute Gasteiger partial charge is 0.340 e. The molecule has 0 bridgehead atoms. The van der Waals surface area contributed by atoms with Gasteiger partial charge in [-0.3, -0.25) is 4.79 Å². The molecule has 0 fully saturated rings. The Kier molecular flexibility index (Phi) is 5.08. The Morgan fingerprint density at radius 1 is 1.06 bits per heavy atom. The van der Waals surface area contributed by atoms with Crippen LogP contribution < -0.4 is 10.9 Å². The van der Waals surface area contributed by atoms with Crippen molar-refractivity contribution in [1.82, 2.24) is 10.3 Å². The number of hydrogen-bond donors (Lipinski definition) is 2. The molecule has 6 nitrogen and oxygen atoms in total. The molecular weight excluding hydrogens is 416 g/mol. The molecule has 0 aliphatic heterocycles. The standard InChI is InChI=1S/C27H26N2O4/c1-14-13-32-25-17(4)26-21(10-20(14)25)16(3)22(27(31)33-26)11-24(30)29-15(2)9-18-12-28-23-8-6-5-7-19(18)23/h5-8,10,12-13,15,28H,9,11H2,1-4H3,(H,29,30)/t15-/m1/s1. The van der Waals surface area contributed by atoms with Gasteiger partial charge in [0.25, 0.3) is 0 Å². The number of aromatic amines is 1. The van der Waals surface area contributed by atoms with Gasteiger partial charge in [0, 0.05) is 39.5 Å². The third-order valence-corrected chi connectivity index (χ3v) is 6.48. The molecule has 0 aliphatic rings. The van der Waals surface area contributed by atoms with Crippen LogP contribution in [0.25, 0.3) is 32.8 Å². The molecule has 0 spiro atoms. The maximum atomic E-state index is 12.8. The van der Waals surface area contributed by atoms with Crippen molar-refractivity contribution in [3.63, 3.8) is 0 Å². The normalized spacial score (nSPS) is 12.6. The van der Waals surface area contributed by atoms with Crippen LogP contribution in [0.2, 0.25) is 0 Å². The van der Waals surface area contributed by atoms with Gasteiger partial charge >= 0.3 is 5.63 Å². The number of benzene rings is 2. The van der Waals surface area contributed by atoms with Gasteiger partial charge in [-0.15, -0.1) is 0 Å². The van der Waals surface area contributed by atoms with Crippen molar-refractivity contribution in [3.05, 3.63) is 81.0 Å². The van der Waals surface area contributed by atoms with Crippen molar-refractivity contribution in [2.75, 3.05) is 0 Å². The first kappa shape index (κ1) is 21.1. The highest BCUT2D eigenvalue weighted by atomic mass is 16.4. The highest BCUT2D eigenvalue weighted by Gasteiger charge is 2.20. The fraction of sp³-hybridized carbons (Fsp3) is 0.259. The van der Waals surface area contributed by atoms with Crippen LogP contribution in [-0.4, -0.2) is 16.9 Å². The summed E-state index contributed by atoms with van der Waals surface area (Å²) in [6.45, 7) is 7.71. The van der Waals surface area contributed by atoms with E-state index in [4.69, 9.17) is 8.83 Å². The molecule has 0 aliphatic carbocycles. The van der Waals surface area contributed by atoms with Crippen LogP contribution in [-0.2, 0) is 17.6 Å². The van der Waals surface area contributed by atoms with Crippen LogP contribution in [0, 0.1) is 20.8 Å². The molecule has 1 atom stereocenters. The fourth-order valence-electron chi connectivity index (χ4n) is 4.69. The molecule has 3 heterocycles. The van der Waals surface area contributed by atoms with Gasteiger partial charge < -0.3 is 19.1 Å². The highest BCUT2D eigenvalue weighted by Crippen LogP contribution is 2.32. The maximum absolute atomic E-state index is 12.8. The Morgan fingerprint density at radius 2 is 1.85 bits per heavy atom. The van der Waals surface area contributed by atoms with Gasteiger partial charge in [0.15, 0.2) is 0 Å². The van der Waals surface area contributed by atoms with Crippen molar-refractivity contribution >= 4 is 38.7 Å². The van der Waals surface area contributed by atoms with Gasteiger partial charge in [-0.25, -0.2) is 4.79 Å². The SMILES string of the molecule is Cc1coc2c(C)c3oc(=O)c(CC(=O)N[C@H](C)Cc4c[nH]c5ccccc45)c(C)c3cc12. The average molecular weight is 443 g/mol. The predicted octanol–water partition coefficient (Wildman–Crippen LogP) is 5.24. The first-order chi connectivity index (χ1) is 15.8. The predicted molar refractivity (Wildman–Crippen MR) is 130 cm³/mol. The Bertz CT molecular complexity index is 1590. The monoisotopic (exact) mass is 442 g/mol. The van der Waals surface area contributed by atoms with E-state index < -0.39 is 5.63 Å². The van der Waals surface area contributed by atoms with E-state index in [-0.39, 0.29) is 18.4 Å². The molecule has 33 heavy (non-hydrogen) atoms. The number of aromatic nitrogens is 1. The molecule has 1 amide bonds. The number of furan rings is 1. The molecule has 0 radical (unpaired) electrons. The largest absolute Gasteiger partial charge is 0.464 e. The lowest BCUT2D eigenvalue weighted by molar-refractivity contribution is -0.121. The summed E-state index contributed by atoms with van der Waals surface area (Å²) in [6, 6.07) is 10.00. The lowest BCUT2D eigenvalue weighted by Crippen LogP contribution is -2.36. The molecule has 0 saturated carbocycles. The zero-order valence-corrected chi connectivity index (χ0v) is 19.2. The Labute approximate surface area is 190 Å². The van der Waals surface area contributed by atoms with Crippen LogP contribution in [0.5, 0.6) is 0 Å². The minimum Gasteiger partial charge on any atom is -0.464 e. The van der Waals surface area contributed by atoms with Crippen molar-refractivity contribution in [3.8, 4) is 0 Å². The van der Waals surface area contributed by atoms with Gasteiger partial charge in [-0.2, -0.15) is 0 Å². The average Bonchev–Trinajstić information content (AvgIpc) is 3.36. The summed E-state index contributed by atoms with van der Waals surface area (Å²) in [5.74, 6) is -0.200. The van der Waals surface area contributed by atoms with E-state index in [1.165, 1.54) is 0 Å². The first-order valence-corrected chi connectivity index (χ1v) is 11.1. The lowest BCUT2D eigenvalue weighted by atomic mass is 9.99. The van der Waals surface area contributed by atoms with Gasteiger partial charge in [0.1, 0.15) is 11.2 Å². The zero-order valence-electron chi connectivity index (χ0n) is 19.2. The number of rotatable bonds is 5. The number of para-hydroxylation sites is 1. The third kappa shape index (κ3) is 3.61. The minimum absolute atomic E-state index is 0.0240. The Balaban J connectivity index is 1.40. The maximum Gasteiger partial charge on any atom is 0.340 e. The zero-order chi connectivity index (χ0) is 23.3. The topological polar surface area (TPSA) is 88.2 Å². The van der Waals surface area contributed by atoms with Crippen LogP contribution >= 0.6 is 0 Å². The second kappa shape index (κ2) is 7.96. The number of H-pyrrole nitrogens is 1. The van der Waals surface area contributed by atoms with E-state index in [9.17, 15) is 9.59 Å². The number of hydrogen-bond acceptors (Lipinski definition) is 4. The second-order valence-corrected chi connectivity index (χ2v) is 8.88. The van der Waals surface area contributed by atoms with Crippen molar-refractivity contribution in [2.24, 2.45) is 0 Å². The van der Waals surface area contributed by atoms with Crippen LogP contribution in [0.4, 0.5) is 0 Å². The van der Waals surface area contributed by atoms with Gasteiger partial charge in [-0.05, 0) is 62.9 Å². The summed E-state index contributed by atoms with van der Waals surface area (Å²) in [6.07, 6.45) is 4.35. The second-order valence-electron chi connectivity index (χ2n) is 8.88. The van der Waals surface area contributed by atoms with Gasteiger partial charge in [-0.1, -0.05) is 18.2 Å². The molecule has 5 aromatic rings. The van der Waals surface area contributed by atoms with E-state index in [1.54, 1.807) is 6.26 Å². The third-order valence-electron chi connectivity index (χ3n) is 6.48. The van der Waals surface area contributed by atoms with Crippen LogP contribution in [0.1, 0.15) is 34.7 Å². The Hall–Kier alpha value is -3.80. The summed E-state index contributed by atoms with van der Waals surface area (Å²) in [5, 5.41) is 6.00. The molecular formula is C27H26N2O4. The van der Waals surface area contributed by atoms with Crippen LogP contribution in [0.3, 0.4) is 0 Å². The number of carbonyl (C=O) groups is 1. The van der Waals surface area contributed by atoms with E-state index in [0.29, 0.717) is 17.6 Å². The number of carbonyl (C=O) groups excluding carboxylic acids is 1. The summed E-state index contributed by atoms with van der Waals surface area (Å²) < 4.78 is 11.3. The molecule has 0 saturated heterocycles. The van der Waals surface area contributed by atoms with Crippen molar-refractivity contribution in [1.29, 1.82) is 0 Å². The quantitative estimate of drug-likeness (QED) is 0.365. The summed E-state index contributed by atoms with van der Waals surface area (Å²) >= 11 is 0. The number of nitrogens with one attached hydrogen (secondary N) is 2. The van der Waals surface area contributed by atoms with E-state index in [1.807, 2.05) is 58.2 Å². The lowest BCUT2D eigenvalue weighted by Gasteiger charge is -2.15. The number of amides is 1. The van der Waals surface area contributed by atoms with E-state index in [2.05, 4.69) is 16.4 Å². The first-order valence-electron chi connectivity index (χ1n) is 11.1.